The molecule has 0 radical (unpaired) electrons. The van der Waals surface area contributed by atoms with Crippen molar-refractivity contribution in [2.24, 2.45) is 0 Å². The predicted octanol–water partition coefficient (Wildman–Crippen LogP) is 3.15. The maximum Gasteiger partial charge on any atom is 0.257 e. The molecular weight excluding hydrogens is 370 g/mol. The third kappa shape index (κ3) is 4.30. The van der Waals surface area contributed by atoms with E-state index in [1.165, 1.54) is 0 Å². The van der Waals surface area contributed by atoms with E-state index in [9.17, 15) is 20.1 Å². The molecule has 3 rings (SSSR count). The molecule has 0 saturated carbocycles. The summed E-state index contributed by atoms with van der Waals surface area (Å²) in [7, 11) is 0. The molecule has 1 spiro atoms. The van der Waals surface area contributed by atoms with Gasteiger partial charge in [-0.15, -0.1) is 0 Å². The lowest BCUT2D eigenvalue weighted by molar-refractivity contribution is -0.221. The zero-order valence-electron chi connectivity index (χ0n) is 18.2. The van der Waals surface area contributed by atoms with Crippen LogP contribution in [-0.4, -0.2) is 63.1 Å². The quantitative estimate of drug-likeness (QED) is 0.719. The summed E-state index contributed by atoms with van der Waals surface area (Å²) in [5.41, 5.74) is 0.519. The number of hydrogen-bond acceptors (Lipinski definition) is 5. The molecule has 2 fully saturated rings. The Morgan fingerprint density at radius 3 is 2.31 bits per heavy atom. The van der Waals surface area contributed by atoms with E-state index in [0.29, 0.717) is 37.9 Å². The first kappa shape index (κ1) is 22.1. The van der Waals surface area contributed by atoms with Crippen molar-refractivity contribution in [3.63, 3.8) is 0 Å². The Labute approximate surface area is 173 Å². The molecule has 29 heavy (non-hydrogen) atoms. The number of hydrogen-bond donors (Lipinski definition) is 3. The van der Waals surface area contributed by atoms with Crippen LogP contribution in [0.4, 0.5) is 0 Å². The van der Waals surface area contributed by atoms with E-state index in [4.69, 9.17) is 4.74 Å². The van der Waals surface area contributed by atoms with Crippen LogP contribution in [0.3, 0.4) is 0 Å². The molecule has 1 amide bonds. The Kier molecular flexibility index (Phi) is 6.01. The monoisotopic (exact) mass is 405 g/mol. The number of rotatable bonds is 3. The van der Waals surface area contributed by atoms with Gasteiger partial charge in [-0.2, -0.15) is 0 Å². The molecule has 0 unspecified atom stereocenters. The number of benzene rings is 1. The second-order valence-electron chi connectivity index (χ2n) is 9.65. The van der Waals surface area contributed by atoms with Crippen LogP contribution in [0.1, 0.15) is 87.2 Å². The molecule has 6 heteroatoms. The number of piperidine rings is 1. The number of likely N-dealkylation sites (tertiary alicyclic amines) is 1. The molecule has 2 heterocycles. The lowest BCUT2D eigenvalue weighted by Crippen LogP contribution is -2.59. The smallest absolute Gasteiger partial charge is 0.257 e. The summed E-state index contributed by atoms with van der Waals surface area (Å²) in [6, 6.07) is 3.81. The van der Waals surface area contributed by atoms with E-state index in [1.807, 2.05) is 26.0 Å². The number of aliphatic hydroxyl groups excluding tert-OH is 1. The van der Waals surface area contributed by atoms with Gasteiger partial charge in [-0.25, -0.2) is 0 Å². The Morgan fingerprint density at radius 1 is 1.17 bits per heavy atom. The first-order valence-electron chi connectivity index (χ1n) is 10.7. The number of aliphatic hydroxyl groups is 2. The summed E-state index contributed by atoms with van der Waals surface area (Å²) < 4.78 is 5.92. The Morgan fingerprint density at radius 2 is 1.79 bits per heavy atom. The van der Waals surface area contributed by atoms with Gasteiger partial charge in [0.05, 0.1) is 23.4 Å². The molecule has 6 nitrogen and oxygen atoms in total. The summed E-state index contributed by atoms with van der Waals surface area (Å²) in [4.78, 5) is 15.0. The number of carbonyl (C=O) groups is 1. The van der Waals surface area contributed by atoms with Crippen molar-refractivity contribution < 1.29 is 24.9 Å². The van der Waals surface area contributed by atoms with Gasteiger partial charge in [0.25, 0.3) is 5.91 Å². The summed E-state index contributed by atoms with van der Waals surface area (Å²) in [6.07, 6.45) is 0.666. The number of amides is 1. The number of phenolic OH excluding ortho intramolecular Hbond substituents is 1. The van der Waals surface area contributed by atoms with E-state index < -0.39 is 17.3 Å². The number of ether oxygens (including phenoxy) is 1. The fraction of sp³-hybridized carbons (Fsp3) is 0.696. The second kappa shape index (κ2) is 7.89. The van der Waals surface area contributed by atoms with Crippen molar-refractivity contribution in [2.45, 2.75) is 83.0 Å². The molecule has 1 aromatic rings. The molecule has 2 saturated heterocycles. The van der Waals surface area contributed by atoms with Gasteiger partial charge in [0.2, 0.25) is 0 Å². The summed E-state index contributed by atoms with van der Waals surface area (Å²) in [5.74, 6) is 0.293. The number of nitrogens with zero attached hydrogens (tertiary/aromatic N) is 1. The summed E-state index contributed by atoms with van der Waals surface area (Å²) in [6.45, 7) is 10.9. The average Bonchev–Trinajstić information content (AvgIpc) is 2.64. The Hall–Kier alpha value is -1.63. The van der Waals surface area contributed by atoms with Crippen molar-refractivity contribution in [3.8, 4) is 5.75 Å². The highest BCUT2D eigenvalue weighted by Gasteiger charge is 2.49. The number of aromatic hydroxyl groups is 1. The lowest BCUT2D eigenvalue weighted by Gasteiger charge is -2.49. The highest BCUT2D eigenvalue weighted by atomic mass is 16.5. The molecule has 162 valence electrons. The second-order valence-corrected chi connectivity index (χ2v) is 9.65. The van der Waals surface area contributed by atoms with Crippen LogP contribution in [0.2, 0.25) is 0 Å². The molecular formula is C23H35NO5. The van der Waals surface area contributed by atoms with Crippen molar-refractivity contribution in [2.75, 3.05) is 19.7 Å². The first-order chi connectivity index (χ1) is 13.5. The van der Waals surface area contributed by atoms with E-state index >= 15 is 0 Å². The summed E-state index contributed by atoms with van der Waals surface area (Å²) >= 11 is 0. The van der Waals surface area contributed by atoms with E-state index in [0.717, 1.165) is 11.1 Å². The van der Waals surface area contributed by atoms with Crippen LogP contribution >= 0.6 is 0 Å². The minimum Gasteiger partial charge on any atom is -0.507 e. The molecule has 2 aliphatic heterocycles. The van der Waals surface area contributed by atoms with Crippen molar-refractivity contribution in [1.29, 1.82) is 0 Å². The Bertz CT molecular complexity index is 763. The van der Waals surface area contributed by atoms with Gasteiger partial charge >= 0.3 is 0 Å². The predicted molar refractivity (Wildman–Crippen MR) is 111 cm³/mol. The minimum atomic E-state index is -1.18. The average molecular weight is 406 g/mol. The minimum absolute atomic E-state index is 0.0784. The van der Waals surface area contributed by atoms with E-state index in [2.05, 4.69) is 13.8 Å². The van der Waals surface area contributed by atoms with Crippen LogP contribution in [0.15, 0.2) is 12.1 Å². The molecule has 0 bridgehead atoms. The highest BCUT2D eigenvalue weighted by Crippen LogP contribution is 2.40. The van der Waals surface area contributed by atoms with Gasteiger partial charge in [0.1, 0.15) is 11.9 Å². The highest BCUT2D eigenvalue weighted by molar-refractivity contribution is 5.97. The largest absolute Gasteiger partial charge is 0.507 e. The van der Waals surface area contributed by atoms with Gasteiger partial charge in [0, 0.05) is 19.5 Å². The van der Waals surface area contributed by atoms with Gasteiger partial charge < -0.3 is 25.0 Å². The topological polar surface area (TPSA) is 90.2 Å². The molecule has 2 aliphatic rings. The molecule has 0 aliphatic carbocycles. The number of carbonyl (C=O) groups excluding carboxylic acids is 1. The third-order valence-corrected chi connectivity index (χ3v) is 6.59. The maximum absolute atomic E-state index is 13.3. The molecule has 3 N–H and O–H groups in total. The van der Waals surface area contributed by atoms with Crippen molar-refractivity contribution >= 4 is 5.91 Å². The fourth-order valence-electron chi connectivity index (χ4n) is 4.48. The van der Waals surface area contributed by atoms with Crippen LogP contribution in [-0.2, 0) is 4.74 Å². The van der Waals surface area contributed by atoms with Gasteiger partial charge in [0.15, 0.2) is 0 Å². The van der Waals surface area contributed by atoms with Crippen molar-refractivity contribution in [3.05, 3.63) is 28.8 Å². The van der Waals surface area contributed by atoms with Crippen LogP contribution in [0.5, 0.6) is 5.75 Å². The zero-order chi connectivity index (χ0) is 21.6. The van der Waals surface area contributed by atoms with Crippen LogP contribution in [0, 0.1) is 0 Å². The van der Waals surface area contributed by atoms with E-state index in [1.54, 1.807) is 11.8 Å². The fourth-order valence-corrected chi connectivity index (χ4v) is 4.48. The number of phenols is 1. The van der Waals surface area contributed by atoms with Gasteiger partial charge in [-0.05, 0) is 48.8 Å². The maximum atomic E-state index is 13.3. The molecule has 0 aromatic heterocycles. The third-order valence-electron chi connectivity index (χ3n) is 6.59. The van der Waals surface area contributed by atoms with Crippen LogP contribution in [0.25, 0.3) is 0 Å². The lowest BCUT2D eigenvalue weighted by atomic mass is 9.76. The summed E-state index contributed by atoms with van der Waals surface area (Å²) in [5, 5.41) is 31.2. The van der Waals surface area contributed by atoms with Crippen LogP contribution < -0.4 is 0 Å². The van der Waals surface area contributed by atoms with Gasteiger partial charge in [-0.1, -0.05) is 33.8 Å². The standard InChI is InChI=1S/C23H35NO5/c1-14(2)16-10-17(15(3)4)20(26)18(11-16)21(27)24-8-6-23(7-9-24)13-22(5,28)19(25)12-29-23/h10-11,14-15,19,25-26,28H,6-9,12-13H2,1-5H3/t19-,22-/m0/s1. The van der Waals surface area contributed by atoms with Gasteiger partial charge in [-0.3, -0.25) is 4.79 Å². The zero-order valence-corrected chi connectivity index (χ0v) is 18.2. The molecule has 2 atom stereocenters. The first-order valence-corrected chi connectivity index (χ1v) is 10.7. The normalized spacial score (nSPS) is 27.1. The SMILES string of the molecule is CC(C)c1cc(C(=O)N2CCC3(CC2)C[C@](C)(O)[C@@H](O)CO3)c(O)c(C(C)C)c1. The van der Waals surface area contributed by atoms with E-state index in [-0.39, 0.29) is 30.1 Å². The Balaban J connectivity index is 1.79. The van der Waals surface area contributed by atoms with Crippen molar-refractivity contribution in [1.82, 2.24) is 4.90 Å². The molecule has 1 aromatic carbocycles.